The van der Waals surface area contributed by atoms with E-state index in [0.29, 0.717) is 11.6 Å². The molecule has 2 aromatic carbocycles. The Morgan fingerprint density at radius 1 is 1.18 bits per heavy atom. The summed E-state index contributed by atoms with van der Waals surface area (Å²) in [5.74, 6) is 1.13. The predicted molar refractivity (Wildman–Crippen MR) is 129 cm³/mol. The monoisotopic (exact) mass is 470 g/mol. The molecule has 1 saturated heterocycles. The first-order chi connectivity index (χ1) is 15.8. The Labute approximate surface area is 194 Å². The van der Waals surface area contributed by atoms with Crippen LogP contribution in [0.15, 0.2) is 53.6 Å². The standard InChI is InChI=1S/C24H30N4O4S/c1-27(2)33(30,31)20-6-4-5-18(13-20)26-24(29)16-28-11-9-17(10-12-28)22-15-25-23-8-7-19(32-3)14-21(22)23/h4-8,13-15,17,25H,9-12,16H2,1-3H3,(H,26,29). The van der Waals surface area contributed by atoms with Crippen LogP contribution in [0.1, 0.15) is 24.3 Å². The number of rotatable bonds is 7. The van der Waals surface area contributed by atoms with Gasteiger partial charge in [-0.3, -0.25) is 9.69 Å². The van der Waals surface area contributed by atoms with E-state index in [2.05, 4.69) is 27.5 Å². The van der Waals surface area contributed by atoms with Crippen molar-refractivity contribution >= 4 is 32.5 Å². The summed E-state index contributed by atoms with van der Waals surface area (Å²) in [7, 11) is 1.09. The number of piperidine rings is 1. The molecular weight excluding hydrogens is 440 g/mol. The van der Waals surface area contributed by atoms with Gasteiger partial charge in [-0.2, -0.15) is 0 Å². The number of hydrogen-bond donors (Lipinski definition) is 2. The smallest absolute Gasteiger partial charge is 0.242 e. The fraction of sp³-hybridized carbons (Fsp3) is 0.375. The number of anilines is 1. The largest absolute Gasteiger partial charge is 0.497 e. The number of likely N-dealkylation sites (tertiary alicyclic amines) is 1. The van der Waals surface area contributed by atoms with Crippen molar-refractivity contribution in [2.24, 2.45) is 0 Å². The number of aromatic amines is 1. The average molecular weight is 471 g/mol. The van der Waals surface area contributed by atoms with Crippen molar-refractivity contribution in [1.82, 2.24) is 14.2 Å². The second kappa shape index (κ2) is 9.54. The van der Waals surface area contributed by atoms with Crippen LogP contribution in [0, 0.1) is 0 Å². The van der Waals surface area contributed by atoms with Crippen LogP contribution in [-0.4, -0.2) is 69.4 Å². The van der Waals surface area contributed by atoms with E-state index < -0.39 is 10.0 Å². The van der Waals surface area contributed by atoms with Crippen LogP contribution >= 0.6 is 0 Å². The van der Waals surface area contributed by atoms with Crippen molar-refractivity contribution in [3.8, 4) is 5.75 Å². The van der Waals surface area contributed by atoms with E-state index >= 15 is 0 Å². The van der Waals surface area contributed by atoms with Crippen molar-refractivity contribution in [2.45, 2.75) is 23.7 Å². The molecule has 9 heteroatoms. The van der Waals surface area contributed by atoms with Gasteiger partial charge in [-0.1, -0.05) is 6.07 Å². The molecule has 2 heterocycles. The van der Waals surface area contributed by atoms with Crippen molar-refractivity contribution in [3.63, 3.8) is 0 Å². The first-order valence-electron chi connectivity index (χ1n) is 11.0. The summed E-state index contributed by atoms with van der Waals surface area (Å²) in [6.45, 7) is 1.92. The molecule has 0 atom stereocenters. The Bertz CT molecular complexity index is 1240. The number of fused-ring (bicyclic) bond motifs is 1. The van der Waals surface area contributed by atoms with Gasteiger partial charge in [-0.05, 0) is 73.8 Å². The Morgan fingerprint density at radius 2 is 1.94 bits per heavy atom. The van der Waals surface area contributed by atoms with Crippen molar-refractivity contribution in [1.29, 1.82) is 0 Å². The molecule has 0 unspecified atom stereocenters. The van der Waals surface area contributed by atoms with E-state index in [1.807, 2.05) is 12.1 Å². The number of H-pyrrole nitrogens is 1. The molecule has 0 bridgehead atoms. The predicted octanol–water partition coefficient (Wildman–Crippen LogP) is 3.24. The van der Waals surface area contributed by atoms with E-state index in [4.69, 9.17) is 4.74 Å². The molecule has 1 amide bonds. The van der Waals surface area contributed by atoms with Gasteiger partial charge < -0.3 is 15.0 Å². The number of carbonyl (C=O) groups is 1. The number of amides is 1. The maximum Gasteiger partial charge on any atom is 0.242 e. The first-order valence-corrected chi connectivity index (χ1v) is 12.4. The third-order valence-electron chi connectivity index (χ3n) is 6.21. The topological polar surface area (TPSA) is 94.7 Å². The Balaban J connectivity index is 1.35. The number of carbonyl (C=O) groups excluding carboxylic acids is 1. The van der Waals surface area contributed by atoms with Crippen molar-refractivity contribution in [2.75, 3.05) is 46.2 Å². The van der Waals surface area contributed by atoms with Crippen LogP contribution in [0.2, 0.25) is 0 Å². The lowest BCUT2D eigenvalue weighted by Gasteiger charge is -2.31. The quantitative estimate of drug-likeness (QED) is 0.553. The zero-order valence-corrected chi connectivity index (χ0v) is 20.0. The molecule has 0 aliphatic carbocycles. The second-order valence-corrected chi connectivity index (χ2v) is 10.7. The molecule has 4 rings (SSSR count). The van der Waals surface area contributed by atoms with E-state index in [1.54, 1.807) is 19.2 Å². The van der Waals surface area contributed by atoms with Gasteiger partial charge in [-0.25, -0.2) is 12.7 Å². The van der Waals surface area contributed by atoms with Gasteiger partial charge >= 0.3 is 0 Å². The van der Waals surface area contributed by atoms with Gasteiger partial charge in [0.1, 0.15) is 5.75 Å². The average Bonchev–Trinajstić information content (AvgIpc) is 3.22. The van der Waals surface area contributed by atoms with Crippen molar-refractivity contribution < 1.29 is 17.9 Å². The highest BCUT2D eigenvalue weighted by Crippen LogP contribution is 2.34. The third-order valence-corrected chi connectivity index (χ3v) is 8.02. The lowest BCUT2D eigenvalue weighted by molar-refractivity contribution is -0.117. The number of sulfonamides is 1. The molecule has 0 saturated carbocycles. The van der Waals surface area contributed by atoms with Gasteiger partial charge in [0.15, 0.2) is 0 Å². The lowest BCUT2D eigenvalue weighted by atomic mass is 9.89. The molecule has 8 nitrogen and oxygen atoms in total. The zero-order valence-electron chi connectivity index (χ0n) is 19.2. The number of nitrogens with zero attached hydrogens (tertiary/aromatic N) is 2. The third kappa shape index (κ3) is 5.05. The summed E-state index contributed by atoms with van der Waals surface area (Å²) in [4.78, 5) is 18.2. The number of benzene rings is 2. The summed E-state index contributed by atoms with van der Waals surface area (Å²) in [5.41, 5.74) is 2.88. The fourth-order valence-electron chi connectivity index (χ4n) is 4.34. The van der Waals surface area contributed by atoms with E-state index in [-0.39, 0.29) is 17.3 Å². The molecule has 0 spiro atoms. The van der Waals surface area contributed by atoms with Gasteiger partial charge in [0.2, 0.25) is 15.9 Å². The van der Waals surface area contributed by atoms with Gasteiger partial charge in [0.05, 0.1) is 18.6 Å². The molecule has 0 radical (unpaired) electrons. The van der Waals surface area contributed by atoms with Crippen LogP contribution in [0.5, 0.6) is 5.75 Å². The highest BCUT2D eigenvalue weighted by Gasteiger charge is 2.24. The molecule has 176 valence electrons. The number of nitrogens with one attached hydrogen (secondary N) is 2. The van der Waals surface area contributed by atoms with Crippen molar-refractivity contribution in [3.05, 3.63) is 54.2 Å². The second-order valence-electron chi connectivity index (χ2n) is 8.57. The summed E-state index contributed by atoms with van der Waals surface area (Å²) in [6, 6.07) is 12.4. The normalized spacial score (nSPS) is 15.8. The molecule has 33 heavy (non-hydrogen) atoms. The minimum absolute atomic E-state index is 0.148. The molecule has 2 N–H and O–H groups in total. The lowest BCUT2D eigenvalue weighted by Crippen LogP contribution is -2.38. The maximum atomic E-state index is 12.6. The molecular formula is C24H30N4O4S. The maximum absolute atomic E-state index is 12.6. The fourth-order valence-corrected chi connectivity index (χ4v) is 5.28. The number of aromatic nitrogens is 1. The molecule has 1 aliphatic heterocycles. The van der Waals surface area contributed by atoms with Gasteiger partial charge in [0, 0.05) is 36.9 Å². The molecule has 1 aromatic heterocycles. The minimum Gasteiger partial charge on any atom is -0.497 e. The van der Waals surface area contributed by atoms with Crippen LogP contribution in [0.25, 0.3) is 10.9 Å². The number of methoxy groups -OCH3 is 1. The van der Waals surface area contributed by atoms with Crippen LogP contribution in [0.4, 0.5) is 5.69 Å². The van der Waals surface area contributed by atoms with E-state index in [1.165, 1.54) is 37.2 Å². The first kappa shape index (κ1) is 23.3. The van der Waals surface area contributed by atoms with E-state index in [0.717, 1.165) is 41.5 Å². The van der Waals surface area contributed by atoms with Crippen LogP contribution in [0.3, 0.4) is 0 Å². The van der Waals surface area contributed by atoms with Crippen LogP contribution < -0.4 is 10.1 Å². The van der Waals surface area contributed by atoms with Gasteiger partial charge in [-0.15, -0.1) is 0 Å². The molecule has 1 fully saturated rings. The number of ether oxygens (including phenoxy) is 1. The molecule has 1 aliphatic rings. The Kier molecular flexibility index (Phi) is 6.73. The van der Waals surface area contributed by atoms with E-state index in [9.17, 15) is 13.2 Å². The highest BCUT2D eigenvalue weighted by atomic mass is 32.2. The number of hydrogen-bond acceptors (Lipinski definition) is 5. The summed E-state index contributed by atoms with van der Waals surface area (Å²) >= 11 is 0. The molecule has 3 aromatic rings. The zero-order chi connectivity index (χ0) is 23.6. The minimum atomic E-state index is -3.55. The van der Waals surface area contributed by atoms with Crippen LogP contribution in [-0.2, 0) is 14.8 Å². The summed E-state index contributed by atoms with van der Waals surface area (Å²) in [6.07, 6.45) is 4.02. The summed E-state index contributed by atoms with van der Waals surface area (Å²) < 4.78 is 31.2. The highest BCUT2D eigenvalue weighted by molar-refractivity contribution is 7.89. The Hall–Kier alpha value is -2.88. The van der Waals surface area contributed by atoms with Gasteiger partial charge in [0.25, 0.3) is 0 Å². The summed E-state index contributed by atoms with van der Waals surface area (Å²) in [5, 5.41) is 4.03. The SMILES string of the molecule is COc1ccc2[nH]cc(C3CCN(CC(=O)Nc4cccc(S(=O)(=O)N(C)C)c4)CC3)c2c1. The Morgan fingerprint density at radius 3 is 2.64 bits per heavy atom.